The maximum absolute atomic E-state index is 13.2. The van der Waals surface area contributed by atoms with Crippen molar-refractivity contribution < 1.29 is 14.3 Å². The Kier molecular flexibility index (Phi) is 7.52. The number of hydrogen-bond acceptors (Lipinski definition) is 4. The Bertz CT molecular complexity index is 1200. The molecule has 1 aliphatic rings. The number of nitrogens with zero attached hydrogens (tertiary/aromatic N) is 4. The minimum absolute atomic E-state index is 0.141. The molecule has 1 aliphatic heterocycles. The van der Waals surface area contributed by atoms with Gasteiger partial charge < -0.3 is 24.1 Å². The molecule has 2 aromatic heterocycles. The van der Waals surface area contributed by atoms with Crippen LogP contribution in [0.3, 0.4) is 0 Å². The largest absolute Gasteiger partial charge is 0.444 e. The van der Waals surface area contributed by atoms with Gasteiger partial charge in [-0.3, -0.25) is 4.79 Å². The van der Waals surface area contributed by atoms with Gasteiger partial charge in [0.15, 0.2) is 0 Å². The van der Waals surface area contributed by atoms with Gasteiger partial charge in [0, 0.05) is 55.9 Å². The number of hydrogen-bond donors (Lipinski definition) is 1. The van der Waals surface area contributed by atoms with Gasteiger partial charge in [-0.2, -0.15) is 0 Å². The van der Waals surface area contributed by atoms with Crippen molar-refractivity contribution in [2.24, 2.45) is 0 Å². The first-order chi connectivity index (χ1) is 17.1. The van der Waals surface area contributed by atoms with E-state index in [1.54, 1.807) is 4.90 Å². The predicted octanol–water partition coefficient (Wildman–Crippen LogP) is 5.68. The van der Waals surface area contributed by atoms with E-state index in [4.69, 9.17) is 4.74 Å². The van der Waals surface area contributed by atoms with Crippen molar-refractivity contribution in [1.82, 2.24) is 19.0 Å². The molecule has 0 radical (unpaired) electrons. The number of imidazole rings is 1. The van der Waals surface area contributed by atoms with Crippen LogP contribution in [0.1, 0.15) is 81.3 Å². The van der Waals surface area contributed by atoms with Crippen LogP contribution < -0.4 is 5.32 Å². The van der Waals surface area contributed by atoms with E-state index in [9.17, 15) is 9.59 Å². The van der Waals surface area contributed by atoms with E-state index in [0.29, 0.717) is 31.2 Å². The van der Waals surface area contributed by atoms with Crippen molar-refractivity contribution in [3.63, 3.8) is 0 Å². The van der Waals surface area contributed by atoms with Crippen LogP contribution in [0.2, 0.25) is 0 Å². The molecule has 0 aliphatic carbocycles. The Morgan fingerprint density at radius 3 is 2.56 bits per heavy atom. The van der Waals surface area contributed by atoms with Crippen LogP contribution in [-0.4, -0.2) is 49.7 Å². The van der Waals surface area contributed by atoms with E-state index in [1.807, 2.05) is 74.3 Å². The van der Waals surface area contributed by atoms with E-state index in [1.165, 1.54) is 0 Å². The summed E-state index contributed by atoms with van der Waals surface area (Å²) in [5.74, 6) is 1.24. The summed E-state index contributed by atoms with van der Waals surface area (Å²) in [6.07, 6.45) is 7.03. The highest BCUT2D eigenvalue weighted by Crippen LogP contribution is 2.26. The molecule has 192 valence electrons. The van der Waals surface area contributed by atoms with E-state index in [2.05, 4.69) is 34.8 Å². The summed E-state index contributed by atoms with van der Waals surface area (Å²) in [7, 11) is 0. The first-order valence-corrected chi connectivity index (χ1v) is 12.7. The third kappa shape index (κ3) is 6.17. The van der Waals surface area contributed by atoms with Gasteiger partial charge in [0.1, 0.15) is 17.1 Å². The average Bonchev–Trinajstić information content (AvgIpc) is 3.48. The van der Waals surface area contributed by atoms with Crippen LogP contribution in [0.25, 0.3) is 0 Å². The number of carbonyl (C=O) groups excluding carboxylic acids is 2. The fourth-order valence-electron chi connectivity index (χ4n) is 4.65. The number of nitrogens with one attached hydrogen (secondary N) is 1. The molecule has 8 heteroatoms. The molecule has 0 atom stereocenters. The Balaban J connectivity index is 1.39. The fraction of sp³-hybridized carbons (Fsp3) is 0.464. The normalized spacial score (nSPS) is 14.8. The highest BCUT2D eigenvalue weighted by Gasteiger charge is 2.28. The third-order valence-electron chi connectivity index (χ3n) is 6.32. The van der Waals surface area contributed by atoms with E-state index < -0.39 is 5.60 Å². The molecule has 0 bridgehead atoms. The lowest BCUT2D eigenvalue weighted by Crippen LogP contribution is -2.42. The smallest absolute Gasteiger partial charge is 0.410 e. The second-order valence-electron chi connectivity index (χ2n) is 10.7. The van der Waals surface area contributed by atoms with Crippen molar-refractivity contribution in [2.45, 2.75) is 71.6 Å². The number of aromatic nitrogens is 3. The Morgan fingerprint density at radius 1 is 1.11 bits per heavy atom. The Morgan fingerprint density at radius 2 is 1.86 bits per heavy atom. The molecule has 1 N–H and O–H groups in total. The number of ether oxygens (including phenoxy) is 1. The molecule has 4 rings (SSSR count). The SMILES string of the molecule is CC(C)c1nccn1Cc1cccc(NC(=O)c2cccn2C2CCN(C(=O)OC(C)(C)C)CC2)c1. The van der Waals surface area contributed by atoms with Crippen molar-refractivity contribution >= 4 is 17.7 Å². The second kappa shape index (κ2) is 10.6. The summed E-state index contributed by atoms with van der Waals surface area (Å²) in [6, 6.07) is 11.8. The zero-order valence-corrected chi connectivity index (χ0v) is 21.9. The standard InChI is InChI=1S/C28H37N5O3/c1-20(2)25-29-13-17-32(25)19-21-8-6-9-22(18-21)30-26(34)24-10-7-14-33(24)23-11-15-31(16-12-23)27(35)36-28(3,4)5/h6-10,13-14,17-18,20,23H,11-12,15-16,19H2,1-5H3,(H,30,34). The second-order valence-corrected chi connectivity index (χ2v) is 10.7. The lowest BCUT2D eigenvalue weighted by molar-refractivity contribution is 0.0187. The molecule has 0 saturated carbocycles. The number of piperidine rings is 1. The van der Waals surface area contributed by atoms with Gasteiger partial charge in [0.2, 0.25) is 0 Å². The lowest BCUT2D eigenvalue weighted by Gasteiger charge is -2.34. The molecular formula is C28H37N5O3. The predicted molar refractivity (Wildman–Crippen MR) is 140 cm³/mol. The maximum Gasteiger partial charge on any atom is 0.410 e. The van der Waals surface area contributed by atoms with Crippen LogP contribution in [0.15, 0.2) is 55.0 Å². The van der Waals surface area contributed by atoms with Gasteiger partial charge in [-0.15, -0.1) is 0 Å². The van der Waals surface area contributed by atoms with Gasteiger partial charge in [-0.1, -0.05) is 26.0 Å². The molecule has 3 aromatic rings. The summed E-state index contributed by atoms with van der Waals surface area (Å²) < 4.78 is 9.68. The van der Waals surface area contributed by atoms with Gasteiger partial charge in [0.05, 0.1) is 0 Å². The summed E-state index contributed by atoms with van der Waals surface area (Å²) in [6.45, 7) is 11.8. The number of amides is 2. The molecule has 36 heavy (non-hydrogen) atoms. The average molecular weight is 492 g/mol. The van der Waals surface area contributed by atoms with Gasteiger partial charge in [0.25, 0.3) is 5.91 Å². The summed E-state index contributed by atoms with van der Waals surface area (Å²) in [4.78, 5) is 31.8. The maximum atomic E-state index is 13.2. The van der Waals surface area contributed by atoms with Crippen LogP contribution in [0.4, 0.5) is 10.5 Å². The van der Waals surface area contributed by atoms with Crippen LogP contribution in [0, 0.1) is 0 Å². The van der Waals surface area contributed by atoms with Crippen LogP contribution in [-0.2, 0) is 11.3 Å². The minimum atomic E-state index is -0.508. The first-order valence-electron chi connectivity index (χ1n) is 12.7. The topological polar surface area (TPSA) is 81.4 Å². The number of benzene rings is 1. The summed E-state index contributed by atoms with van der Waals surface area (Å²) in [5, 5.41) is 3.06. The number of likely N-dealkylation sites (tertiary alicyclic amines) is 1. The van der Waals surface area contributed by atoms with Crippen molar-refractivity contribution in [3.8, 4) is 0 Å². The number of carbonyl (C=O) groups is 2. The summed E-state index contributed by atoms with van der Waals surface area (Å²) in [5.41, 5.74) is 1.97. The van der Waals surface area contributed by atoms with E-state index in [0.717, 1.165) is 29.9 Å². The fourth-order valence-corrected chi connectivity index (χ4v) is 4.65. The molecule has 1 fully saturated rings. The van der Waals surface area contributed by atoms with Gasteiger partial charge in [-0.25, -0.2) is 9.78 Å². The Labute approximate surface area is 213 Å². The van der Waals surface area contributed by atoms with Gasteiger partial charge in [-0.05, 0) is 63.4 Å². The zero-order chi connectivity index (χ0) is 25.9. The number of rotatable bonds is 6. The molecule has 0 unspecified atom stereocenters. The van der Waals surface area contributed by atoms with Crippen molar-refractivity contribution in [1.29, 1.82) is 0 Å². The molecule has 1 saturated heterocycles. The monoisotopic (exact) mass is 491 g/mol. The quantitative estimate of drug-likeness (QED) is 0.481. The zero-order valence-electron chi connectivity index (χ0n) is 21.9. The van der Waals surface area contributed by atoms with E-state index in [-0.39, 0.29) is 18.0 Å². The van der Waals surface area contributed by atoms with Crippen LogP contribution >= 0.6 is 0 Å². The summed E-state index contributed by atoms with van der Waals surface area (Å²) >= 11 is 0. The highest BCUT2D eigenvalue weighted by molar-refractivity contribution is 6.03. The molecular weight excluding hydrogens is 454 g/mol. The first kappa shape index (κ1) is 25.5. The van der Waals surface area contributed by atoms with Gasteiger partial charge >= 0.3 is 6.09 Å². The van der Waals surface area contributed by atoms with E-state index >= 15 is 0 Å². The number of anilines is 1. The van der Waals surface area contributed by atoms with Crippen molar-refractivity contribution in [2.75, 3.05) is 18.4 Å². The molecule has 0 spiro atoms. The Hall–Kier alpha value is -3.55. The highest BCUT2D eigenvalue weighted by atomic mass is 16.6. The molecule has 8 nitrogen and oxygen atoms in total. The minimum Gasteiger partial charge on any atom is -0.444 e. The molecule has 1 aromatic carbocycles. The lowest BCUT2D eigenvalue weighted by atomic mass is 10.0. The third-order valence-corrected chi connectivity index (χ3v) is 6.32. The molecule has 2 amide bonds. The van der Waals surface area contributed by atoms with Crippen molar-refractivity contribution in [3.05, 3.63) is 72.1 Å². The molecule has 3 heterocycles. The van der Waals surface area contributed by atoms with Crippen LogP contribution in [0.5, 0.6) is 0 Å².